The van der Waals surface area contributed by atoms with E-state index in [0.29, 0.717) is 19.3 Å². The van der Waals surface area contributed by atoms with Crippen LogP contribution < -0.4 is 0 Å². The summed E-state index contributed by atoms with van der Waals surface area (Å²) in [4.78, 5) is 37.9. The van der Waals surface area contributed by atoms with Gasteiger partial charge in [-0.1, -0.05) is 176 Å². The molecular weight excluding hydrogens is 745 g/mol. The second-order valence-electron chi connectivity index (χ2n) is 16.0. The number of carbonyl (C=O) groups is 3. The Kier molecular flexibility index (Phi) is 45.5. The first kappa shape index (κ1) is 56.6. The fourth-order valence-corrected chi connectivity index (χ4v) is 6.40. The number of hydrogen-bond donors (Lipinski definition) is 0. The van der Waals surface area contributed by atoms with Gasteiger partial charge in [0, 0.05) is 19.3 Å². The first-order chi connectivity index (χ1) is 29.5. The second-order valence-corrected chi connectivity index (χ2v) is 16.0. The molecule has 0 rings (SSSR count). The van der Waals surface area contributed by atoms with Crippen LogP contribution in [0.5, 0.6) is 0 Å². The minimum absolute atomic E-state index is 0.0956. The maximum absolute atomic E-state index is 12.8. The van der Waals surface area contributed by atoms with Gasteiger partial charge in [0.05, 0.1) is 0 Å². The lowest BCUT2D eigenvalue weighted by molar-refractivity contribution is -0.167. The van der Waals surface area contributed by atoms with Gasteiger partial charge in [0.1, 0.15) is 13.2 Å². The van der Waals surface area contributed by atoms with E-state index in [4.69, 9.17) is 14.2 Å². The van der Waals surface area contributed by atoms with Gasteiger partial charge in [0.25, 0.3) is 0 Å². The van der Waals surface area contributed by atoms with Crippen molar-refractivity contribution in [2.24, 2.45) is 0 Å². The number of carbonyl (C=O) groups excluding carboxylic acids is 3. The quantitative estimate of drug-likeness (QED) is 0.0263. The van der Waals surface area contributed by atoms with Gasteiger partial charge in [-0.15, -0.1) is 0 Å². The summed E-state index contributed by atoms with van der Waals surface area (Å²) in [6.45, 7) is 6.38. The van der Waals surface area contributed by atoms with Crippen molar-refractivity contribution in [1.82, 2.24) is 0 Å². The first-order valence-corrected chi connectivity index (χ1v) is 24.6. The Bertz CT molecular complexity index is 1190. The van der Waals surface area contributed by atoms with Crippen LogP contribution in [0.2, 0.25) is 0 Å². The number of allylic oxidation sites excluding steroid dienone is 14. The Morgan fingerprint density at radius 1 is 0.350 bits per heavy atom. The van der Waals surface area contributed by atoms with E-state index < -0.39 is 6.10 Å². The maximum atomic E-state index is 12.8. The van der Waals surface area contributed by atoms with Crippen molar-refractivity contribution < 1.29 is 28.6 Å². The molecule has 0 aliphatic heterocycles. The van der Waals surface area contributed by atoms with Gasteiger partial charge < -0.3 is 14.2 Å². The van der Waals surface area contributed by atoms with Gasteiger partial charge in [0.15, 0.2) is 6.10 Å². The van der Waals surface area contributed by atoms with Gasteiger partial charge in [-0.3, -0.25) is 14.4 Å². The van der Waals surface area contributed by atoms with Crippen molar-refractivity contribution in [3.8, 4) is 0 Å². The molecule has 0 heterocycles. The Hall–Kier alpha value is -3.41. The van der Waals surface area contributed by atoms with Crippen LogP contribution in [0.3, 0.4) is 0 Å². The van der Waals surface area contributed by atoms with E-state index in [-0.39, 0.29) is 31.1 Å². The zero-order valence-corrected chi connectivity index (χ0v) is 38.9. The standard InChI is InChI=1S/C54H90O6/c1-4-7-10-13-16-19-22-25-26-27-28-30-32-35-38-41-44-47-53(56)59-50-51(49-58-52(55)46-43-40-37-34-31-24-21-18-15-12-9-6-3)60-54(57)48-45-42-39-36-33-29-23-20-17-14-11-8-5-2/h7,10-11,14,16,18-21,23,25-26,28,30,51H,4-6,8-9,12-13,15,17,22,24,27,29,31-50H2,1-3H3/b10-7-,14-11-,19-16-,21-18-,23-20-,26-25-,30-28-. The average Bonchev–Trinajstić information content (AvgIpc) is 3.24. The molecule has 1 atom stereocenters. The van der Waals surface area contributed by atoms with Crippen molar-refractivity contribution >= 4 is 17.9 Å². The fourth-order valence-electron chi connectivity index (χ4n) is 6.40. The molecular formula is C54H90O6. The maximum Gasteiger partial charge on any atom is 0.306 e. The van der Waals surface area contributed by atoms with Crippen molar-refractivity contribution in [3.63, 3.8) is 0 Å². The molecule has 6 nitrogen and oxygen atoms in total. The van der Waals surface area contributed by atoms with E-state index in [1.165, 1.54) is 44.9 Å². The predicted octanol–water partition coefficient (Wildman–Crippen LogP) is 16.0. The number of hydrogen-bond acceptors (Lipinski definition) is 6. The Morgan fingerprint density at radius 3 is 1.10 bits per heavy atom. The minimum atomic E-state index is -0.796. The topological polar surface area (TPSA) is 78.9 Å². The van der Waals surface area contributed by atoms with Crippen molar-refractivity contribution in [2.45, 2.75) is 226 Å². The monoisotopic (exact) mass is 835 g/mol. The van der Waals surface area contributed by atoms with E-state index in [0.717, 1.165) is 135 Å². The van der Waals surface area contributed by atoms with Crippen LogP contribution in [0.1, 0.15) is 220 Å². The Morgan fingerprint density at radius 2 is 0.683 bits per heavy atom. The van der Waals surface area contributed by atoms with E-state index in [1.807, 2.05) is 0 Å². The molecule has 0 saturated carbocycles. The van der Waals surface area contributed by atoms with E-state index >= 15 is 0 Å². The summed E-state index contributed by atoms with van der Waals surface area (Å²) in [5, 5.41) is 0. The van der Waals surface area contributed by atoms with Gasteiger partial charge in [-0.05, 0) is 109 Å². The van der Waals surface area contributed by atoms with E-state index in [9.17, 15) is 14.4 Å². The van der Waals surface area contributed by atoms with Crippen LogP contribution >= 0.6 is 0 Å². The first-order valence-electron chi connectivity index (χ1n) is 24.6. The normalized spacial score (nSPS) is 12.8. The molecule has 0 radical (unpaired) electrons. The van der Waals surface area contributed by atoms with Crippen LogP contribution in [0.15, 0.2) is 85.1 Å². The molecule has 0 saturated heterocycles. The molecule has 342 valence electrons. The highest BCUT2D eigenvalue weighted by Gasteiger charge is 2.19. The van der Waals surface area contributed by atoms with E-state index in [2.05, 4.69) is 106 Å². The summed E-state index contributed by atoms with van der Waals surface area (Å²) < 4.78 is 16.7. The number of esters is 3. The summed E-state index contributed by atoms with van der Waals surface area (Å²) in [5.74, 6) is -0.947. The fraction of sp³-hybridized carbons (Fsp3) is 0.685. The van der Waals surface area contributed by atoms with Crippen LogP contribution in [-0.4, -0.2) is 37.2 Å². The second kappa shape index (κ2) is 48.3. The summed E-state index contributed by atoms with van der Waals surface area (Å²) in [7, 11) is 0. The summed E-state index contributed by atoms with van der Waals surface area (Å²) in [5.41, 5.74) is 0. The average molecular weight is 835 g/mol. The van der Waals surface area contributed by atoms with Crippen LogP contribution in [0.4, 0.5) is 0 Å². The summed E-state index contributed by atoms with van der Waals surface area (Å²) in [6.07, 6.45) is 61.3. The molecule has 0 amide bonds. The van der Waals surface area contributed by atoms with Crippen LogP contribution in [0.25, 0.3) is 0 Å². The Labute approximate surface area is 369 Å². The van der Waals surface area contributed by atoms with Crippen LogP contribution in [0, 0.1) is 0 Å². The lowest BCUT2D eigenvalue weighted by Crippen LogP contribution is -2.30. The molecule has 0 bridgehead atoms. The summed E-state index contributed by atoms with van der Waals surface area (Å²) in [6, 6.07) is 0. The van der Waals surface area contributed by atoms with Gasteiger partial charge in [-0.25, -0.2) is 0 Å². The highest BCUT2D eigenvalue weighted by Crippen LogP contribution is 2.13. The third kappa shape index (κ3) is 45.7. The van der Waals surface area contributed by atoms with Crippen molar-refractivity contribution in [2.75, 3.05) is 13.2 Å². The van der Waals surface area contributed by atoms with Crippen molar-refractivity contribution in [1.29, 1.82) is 0 Å². The van der Waals surface area contributed by atoms with Crippen LogP contribution in [-0.2, 0) is 28.6 Å². The molecule has 0 aliphatic carbocycles. The SMILES string of the molecule is CC/C=C\C/C=C\C/C=C\C/C=C\CCCCCCC(=O)OCC(COC(=O)CCCCCCC/C=C\CCCCC)OC(=O)CCCCCCC/C=C\C/C=C\CCC. The Balaban J connectivity index is 4.46. The molecule has 0 fully saturated rings. The number of ether oxygens (including phenoxy) is 3. The molecule has 60 heavy (non-hydrogen) atoms. The van der Waals surface area contributed by atoms with Crippen molar-refractivity contribution in [3.05, 3.63) is 85.1 Å². The zero-order valence-electron chi connectivity index (χ0n) is 38.9. The highest BCUT2D eigenvalue weighted by molar-refractivity contribution is 5.71. The zero-order chi connectivity index (χ0) is 43.7. The predicted molar refractivity (Wildman–Crippen MR) is 256 cm³/mol. The lowest BCUT2D eigenvalue weighted by Gasteiger charge is -2.18. The number of unbranched alkanes of at least 4 members (excludes halogenated alkanes) is 18. The highest BCUT2D eigenvalue weighted by atomic mass is 16.6. The molecule has 6 heteroatoms. The van der Waals surface area contributed by atoms with Gasteiger partial charge in [0.2, 0.25) is 0 Å². The molecule has 0 aromatic rings. The van der Waals surface area contributed by atoms with E-state index in [1.54, 1.807) is 0 Å². The molecule has 0 aliphatic rings. The molecule has 0 spiro atoms. The molecule has 0 N–H and O–H groups in total. The lowest BCUT2D eigenvalue weighted by atomic mass is 10.1. The third-order valence-electron chi connectivity index (χ3n) is 10.1. The van der Waals surface area contributed by atoms with Gasteiger partial charge >= 0.3 is 17.9 Å². The summed E-state index contributed by atoms with van der Waals surface area (Å²) >= 11 is 0. The van der Waals surface area contributed by atoms with Gasteiger partial charge in [-0.2, -0.15) is 0 Å². The number of rotatable bonds is 43. The minimum Gasteiger partial charge on any atom is -0.462 e. The smallest absolute Gasteiger partial charge is 0.306 e. The molecule has 0 aromatic carbocycles. The molecule has 1 unspecified atom stereocenters. The third-order valence-corrected chi connectivity index (χ3v) is 10.1. The largest absolute Gasteiger partial charge is 0.462 e. The molecule has 0 aromatic heterocycles.